The van der Waals surface area contributed by atoms with Crippen LogP contribution in [0, 0.1) is 12.7 Å². The maximum Gasteiger partial charge on any atom is 0.192 e. The molecule has 1 aliphatic rings. The van der Waals surface area contributed by atoms with Gasteiger partial charge >= 0.3 is 0 Å². The maximum atomic E-state index is 13.0. The average molecular weight is 360 g/mol. The Labute approximate surface area is 152 Å². The fourth-order valence-corrected chi connectivity index (χ4v) is 2.72. The number of hydrogen-bond acceptors (Lipinski definition) is 4. The fraction of sp³-hybridized carbons (Fsp3) is 0.500. The second kappa shape index (κ2) is 8.75. The Balaban J connectivity index is 1.62. The number of aliphatic imine (C=N–C) groups is 1. The van der Waals surface area contributed by atoms with Crippen LogP contribution in [0.2, 0.25) is 0 Å². The van der Waals surface area contributed by atoms with Crippen LogP contribution >= 0.6 is 0 Å². The molecule has 0 bridgehead atoms. The van der Waals surface area contributed by atoms with Crippen molar-refractivity contribution in [1.29, 1.82) is 0 Å². The minimum absolute atomic E-state index is 0.213. The van der Waals surface area contributed by atoms with Gasteiger partial charge in [-0.2, -0.15) is 0 Å². The molecule has 8 heteroatoms. The van der Waals surface area contributed by atoms with Crippen LogP contribution in [0.3, 0.4) is 0 Å². The summed E-state index contributed by atoms with van der Waals surface area (Å²) in [4.78, 5) is 4.60. The number of ether oxygens (including phenoxy) is 1. The molecule has 140 valence electrons. The van der Waals surface area contributed by atoms with E-state index in [1.165, 1.54) is 12.1 Å². The quantitative estimate of drug-likeness (QED) is 0.605. The van der Waals surface area contributed by atoms with Gasteiger partial charge < -0.3 is 19.9 Å². The Kier molecular flexibility index (Phi) is 6.17. The van der Waals surface area contributed by atoms with Crippen LogP contribution in [0.1, 0.15) is 30.1 Å². The van der Waals surface area contributed by atoms with Gasteiger partial charge in [0.1, 0.15) is 11.6 Å². The lowest BCUT2D eigenvalue weighted by molar-refractivity contribution is 0.113. The van der Waals surface area contributed by atoms with Gasteiger partial charge in [0.15, 0.2) is 11.8 Å². The highest BCUT2D eigenvalue weighted by Crippen LogP contribution is 2.10. The van der Waals surface area contributed by atoms with Crippen LogP contribution in [0.15, 0.2) is 29.3 Å². The first-order valence-electron chi connectivity index (χ1n) is 8.85. The third-order valence-electron chi connectivity index (χ3n) is 4.45. The molecule has 0 spiro atoms. The zero-order chi connectivity index (χ0) is 18.4. The minimum atomic E-state index is -0.245. The first kappa shape index (κ1) is 18.3. The van der Waals surface area contributed by atoms with Crippen molar-refractivity contribution in [1.82, 2.24) is 25.4 Å². The molecule has 1 aromatic heterocycles. The first-order valence-corrected chi connectivity index (χ1v) is 8.85. The van der Waals surface area contributed by atoms with Gasteiger partial charge in [0, 0.05) is 20.2 Å². The maximum absolute atomic E-state index is 13.0. The van der Waals surface area contributed by atoms with Crippen molar-refractivity contribution in [2.24, 2.45) is 12.0 Å². The molecule has 1 unspecified atom stereocenters. The van der Waals surface area contributed by atoms with Crippen molar-refractivity contribution >= 4 is 5.96 Å². The van der Waals surface area contributed by atoms with E-state index < -0.39 is 0 Å². The van der Waals surface area contributed by atoms with Crippen LogP contribution in [0.4, 0.5) is 4.39 Å². The second-order valence-corrected chi connectivity index (χ2v) is 6.38. The van der Waals surface area contributed by atoms with Gasteiger partial charge in [-0.1, -0.05) is 12.1 Å². The van der Waals surface area contributed by atoms with Gasteiger partial charge in [-0.15, -0.1) is 10.2 Å². The van der Waals surface area contributed by atoms with Gasteiger partial charge in [-0.05, 0) is 37.5 Å². The van der Waals surface area contributed by atoms with Gasteiger partial charge in [0.05, 0.1) is 19.2 Å². The van der Waals surface area contributed by atoms with Crippen LogP contribution in [-0.4, -0.2) is 40.0 Å². The third kappa shape index (κ3) is 5.01. The van der Waals surface area contributed by atoms with Crippen LogP contribution in [-0.2, 0) is 24.9 Å². The Morgan fingerprint density at radius 3 is 2.77 bits per heavy atom. The number of hydrogen-bond donors (Lipinski definition) is 2. The molecule has 7 nitrogen and oxygen atoms in total. The molecule has 1 fully saturated rings. The highest BCUT2D eigenvalue weighted by atomic mass is 19.1. The Morgan fingerprint density at radius 2 is 2.12 bits per heavy atom. The summed E-state index contributed by atoms with van der Waals surface area (Å²) in [6.07, 6.45) is 2.37. The van der Waals surface area contributed by atoms with Gasteiger partial charge in [-0.3, -0.25) is 0 Å². The highest BCUT2D eigenvalue weighted by Gasteiger charge is 2.16. The van der Waals surface area contributed by atoms with E-state index in [0.29, 0.717) is 25.6 Å². The van der Waals surface area contributed by atoms with Crippen molar-refractivity contribution in [2.75, 3.05) is 13.2 Å². The molecule has 2 N–H and O–H groups in total. The standard InChI is InChI=1S/C18H25FN6O/c1-13-23-24-17(25(13)2)12-22-18(21-11-16-4-3-9-26-16)20-10-14-5-7-15(19)8-6-14/h5-8,16H,3-4,9-12H2,1-2H3,(H2,20,21,22). The van der Waals surface area contributed by atoms with Crippen LogP contribution < -0.4 is 10.6 Å². The highest BCUT2D eigenvalue weighted by molar-refractivity contribution is 5.79. The number of nitrogens with zero attached hydrogens (tertiary/aromatic N) is 4. The molecule has 0 amide bonds. The molecule has 0 saturated carbocycles. The average Bonchev–Trinajstić information content (AvgIpc) is 3.27. The summed E-state index contributed by atoms with van der Waals surface area (Å²) in [6.45, 7) is 4.40. The number of rotatable bonds is 6. The molecule has 2 aromatic rings. The summed E-state index contributed by atoms with van der Waals surface area (Å²) in [5, 5.41) is 14.8. The molecule has 2 heterocycles. The summed E-state index contributed by atoms with van der Waals surface area (Å²) in [6, 6.07) is 6.37. The number of benzene rings is 1. The largest absolute Gasteiger partial charge is 0.376 e. The Hall–Kier alpha value is -2.48. The molecule has 1 saturated heterocycles. The zero-order valence-electron chi connectivity index (χ0n) is 15.2. The predicted octanol–water partition coefficient (Wildman–Crippen LogP) is 1.68. The monoisotopic (exact) mass is 360 g/mol. The number of aryl methyl sites for hydroxylation is 1. The minimum Gasteiger partial charge on any atom is -0.376 e. The van der Waals surface area contributed by atoms with E-state index >= 15 is 0 Å². The Bertz CT molecular complexity index is 737. The number of nitrogens with one attached hydrogen (secondary N) is 2. The van der Waals surface area contributed by atoms with Gasteiger partial charge in [0.25, 0.3) is 0 Å². The first-order chi connectivity index (χ1) is 12.6. The zero-order valence-corrected chi connectivity index (χ0v) is 15.2. The molecule has 1 atom stereocenters. The summed E-state index contributed by atoms with van der Waals surface area (Å²) < 4.78 is 20.6. The predicted molar refractivity (Wildman–Crippen MR) is 97.1 cm³/mol. The third-order valence-corrected chi connectivity index (χ3v) is 4.45. The van der Waals surface area contributed by atoms with Crippen molar-refractivity contribution in [3.63, 3.8) is 0 Å². The molecular formula is C18H25FN6O. The molecule has 3 rings (SSSR count). The van der Waals surface area contributed by atoms with E-state index in [2.05, 4.69) is 25.8 Å². The lowest BCUT2D eigenvalue weighted by Crippen LogP contribution is -2.41. The summed E-state index contributed by atoms with van der Waals surface area (Å²) in [5.41, 5.74) is 0.944. The van der Waals surface area contributed by atoms with Crippen molar-refractivity contribution in [2.45, 2.75) is 39.0 Å². The van der Waals surface area contributed by atoms with E-state index in [9.17, 15) is 4.39 Å². The fourth-order valence-electron chi connectivity index (χ4n) is 2.72. The van der Waals surface area contributed by atoms with Gasteiger partial charge in [0.2, 0.25) is 0 Å². The Morgan fingerprint density at radius 1 is 1.31 bits per heavy atom. The summed E-state index contributed by atoms with van der Waals surface area (Å²) in [5.74, 6) is 2.12. The molecule has 1 aliphatic heterocycles. The van der Waals surface area contributed by atoms with Crippen LogP contribution in [0.25, 0.3) is 0 Å². The van der Waals surface area contributed by atoms with Crippen LogP contribution in [0.5, 0.6) is 0 Å². The van der Waals surface area contributed by atoms with Gasteiger partial charge in [-0.25, -0.2) is 9.38 Å². The number of halogens is 1. The van der Waals surface area contributed by atoms with E-state index in [0.717, 1.165) is 36.7 Å². The number of guanidine groups is 1. The smallest absolute Gasteiger partial charge is 0.192 e. The molecule has 0 radical (unpaired) electrons. The van der Waals surface area contributed by atoms with E-state index in [4.69, 9.17) is 4.74 Å². The lowest BCUT2D eigenvalue weighted by atomic mass is 10.2. The molecular weight excluding hydrogens is 335 g/mol. The van der Waals surface area contributed by atoms with E-state index in [-0.39, 0.29) is 11.9 Å². The summed E-state index contributed by atoms with van der Waals surface area (Å²) >= 11 is 0. The van der Waals surface area contributed by atoms with Crippen molar-refractivity contribution in [3.05, 3.63) is 47.3 Å². The molecule has 26 heavy (non-hydrogen) atoms. The molecule has 1 aromatic carbocycles. The second-order valence-electron chi connectivity index (χ2n) is 6.38. The van der Waals surface area contributed by atoms with Crippen molar-refractivity contribution < 1.29 is 9.13 Å². The van der Waals surface area contributed by atoms with E-state index in [1.54, 1.807) is 12.1 Å². The summed E-state index contributed by atoms with van der Waals surface area (Å²) in [7, 11) is 1.93. The normalized spacial score (nSPS) is 17.5. The molecule has 0 aliphatic carbocycles. The van der Waals surface area contributed by atoms with Crippen molar-refractivity contribution in [3.8, 4) is 0 Å². The SMILES string of the molecule is Cc1nnc(CNC(=NCc2ccc(F)cc2)NCC2CCCO2)n1C. The van der Waals surface area contributed by atoms with E-state index in [1.807, 2.05) is 18.5 Å². The topological polar surface area (TPSA) is 76.4 Å². The lowest BCUT2D eigenvalue weighted by Gasteiger charge is -2.15. The number of aromatic nitrogens is 3.